The van der Waals surface area contributed by atoms with Crippen molar-refractivity contribution in [2.45, 2.75) is 46.1 Å². The molecule has 1 saturated carbocycles. The molecule has 1 fully saturated rings. The van der Waals surface area contributed by atoms with E-state index in [4.69, 9.17) is 4.52 Å². The summed E-state index contributed by atoms with van der Waals surface area (Å²) >= 11 is 0. The Hall–Kier alpha value is -1.57. The molecule has 4 heteroatoms. The standard InChI is InChI=1S/C22H29O3P/c1-16(2)19-14-13-17(3)15-21(19)25-26(24,18-9-5-4-6-10-18)22-12-8-7-11-20(22)23/h4-12,16-17,19,21,23H,13-15H2,1-3H3/t17-,19+,21-,26-/m1/s1. The predicted octanol–water partition coefficient (Wildman–Crippen LogP) is 5.10. The molecule has 26 heavy (non-hydrogen) atoms. The van der Waals surface area contributed by atoms with Crippen molar-refractivity contribution in [3.05, 3.63) is 54.6 Å². The van der Waals surface area contributed by atoms with Crippen molar-refractivity contribution in [2.75, 3.05) is 0 Å². The Morgan fingerprint density at radius 1 is 1.04 bits per heavy atom. The zero-order chi connectivity index (χ0) is 18.7. The van der Waals surface area contributed by atoms with Crippen LogP contribution in [0.25, 0.3) is 0 Å². The molecular weight excluding hydrogens is 343 g/mol. The molecular formula is C22H29O3P. The van der Waals surface area contributed by atoms with Gasteiger partial charge < -0.3 is 9.63 Å². The van der Waals surface area contributed by atoms with Crippen LogP contribution in [0.4, 0.5) is 0 Å². The van der Waals surface area contributed by atoms with E-state index in [-0.39, 0.29) is 11.9 Å². The first-order valence-electron chi connectivity index (χ1n) is 9.54. The summed E-state index contributed by atoms with van der Waals surface area (Å²) in [5.41, 5.74) is 0. The van der Waals surface area contributed by atoms with Gasteiger partial charge in [0.2, 0.25) is 0 Å². The van der Waals surface area contributed by atoms with Gasteiger partial charge in [0.25, 0.3) is 7.37 Å². The Morgan fingerprint density at radius 2 is 1.69 bits per heavy atom. The molecule has 140 valence electrons. The van der Waals surface area contributed by atoms with Crippen LogP contribution in [0.3, 0.4) is 0 Å². The summed E-state index contributed by atoms with van der Waals surface area (Å²) < 4.78 is 20.7. The van der Waals surface area contributed by atoms with Crippen molar-refractivity contribution in [1.82, 2.24) is 0 Å². The van der Waals surface area contributed by atoms with E-state index in [9.17, 15) is 9.67 Å². The third kappa shape index (κ3) is 3.89. The highest BCUT2D eigenvalue weighted by molar-refractivity contribution is 7.74. The molecule has 0 aliphatic heterocycles. The van der Waals surface area contributed by atoms with Crippen LogP contribution < -0.4 is 10.6 Å². The van der Waals surface area contributed by atoms with Crippen LogP contribution in [-0.2, 0) is 9.09 Å². The molecule has 2 aromatic carbocycles. The number of phenols is 1. The maximum atomic E-state index is 14.2. The first-order valence-corrected chi connectivity index (χ1v) is 11.2. The molecule has 0 amide bonds. The minimum atomic E-state index is -3.38. The lowest BCUT2D eigenvalue weighted by Crippen LogP contribution is -2.36. The zero-order valence-electron chi connectivity index (χ0n) is 15.8. The first kappa shape index (κ1) is 19.2. The molecule has 0 bridgehead atoms. The minimum Gasteiger partial charge on any atom is -0.507 e. The summed E-state index contributed by atoms with van der Waals surface area (Å²) in [6, 6.07) is 16.2. The third-order valence-electron chi connectivity index (χ3n) is 5.54. The van der Waals surface area contributed by atoms with Crippen LogP contribution in [0.1, 0.15) is 40.0 Å². The third-order valence-corrected chi connectivity index (χ3v) is 8.10. The number of para-hydroxylation sites is 1. The number of aromatic hydroxyl groups is 1. The monoisotopic (exact) mass is 372 g/mol. The fraction of sp³-hybridized carbons (Fsp3) is 0.455. The van der Waals surface area contributed by atoms with Crippen molar-refractivity contribution in [2.24, 2.45) is 17.8 Å². The van der Waals surface area contributed by atoms with Crippen molar-refractivity contribution < 1.29 is 14.2 Å². The van der Waals surface area contributed by atoms with Gasteiger partial charge in [0.1, 0.15) is 5.75 Å². The van der Waals surface area contributed by atoms with E-state index in [1.165, 1.54) is 6.42 Å². The van der Waals surface area contributed by atoms with Crippen molar-refractivity contribution in [3.8, 4) is 5.75 Å². The van der Waals surface area contributed by atoms with E-state index < -0.39 is 7.37 Å². The summed E-state index contributed by atoms with van der Waals surface area (Å²) in [5.74, 6) is 1.45. The summed E-state index contributed by atoms with van der Waals surface area (Å²) in [6.07, 6.45) is 3.13. The second-order valence-corrected chi connectivity index (χ2v) is 10.2. The smallest absolute Gasteiger partial charge is 0.265 e. The topological polar surface area (TPSA) is 46.5 Å². The second-order valence-electron chi connectivity index (χ2n) is 7.85. The molecule has 1 aliphatic carbocycles. The van der Waals surface area contributed by atoms with Crippen molar-refractivity contribution in [3.63, 3.8) is 0 Å². The summed E-state index contributed by atoms with van der Waals surface area (Å²) in [4.78, 5) is 0. The van der Waals surface area contributed by atoms with Gasteiger partial charge in [-0.3, -0.25) is 4.57 Å². The highest BCUT2D eigenvalue weighted by atomic mass is 31.2. The molecule has 4 atom stereocenters. The van der Waals surface area contributed by atoms with Gasteiger partial charge in [0, 0.05) is 5.30 Å². The van der Waals surface area contributed by atoms with Gasteiger partial charge in [-0.2, -0.15) is 0 Å². The molecule has 0 saturated heterocycles. The maximum absolute atomic E-state index is 14.2. The predicted molar refractivity (Wildman–Crippen MR) is 108 cm³/mol. The molecule has 2 aromatic rings. The Bertz CT molecular complexity index is 772. The Labute approximate surface area is 156 Å². The van der Waals surface area contributed by atoms with Crippen LogP contribution in [0.15, 0.2) is 54.6 Å². The van der Waals surface area contributed by atoms with E-state index in [1.54, 1.807) is 24.3 Å². The van der Waals surface area contributed by atoms with Crippen molar-refractivity contribution >= 4 is 18.0 Å². The van der Waals surface area contributed by atoms with Gasteiger partial charge in [0.15, 0.2) is 0 Å². The molecule has 0 heterocycles. The van der Waals surface area contributed by atoms with Crippen molar-refractivity contribution in [1.29, 1.82) is 0 Å². The lowest BCUT2D eigenvalue weighted by molar-refractivity contribution is 0.0514. The second kappa shape index (κ2) is 7.98. The van der Waals surface area contributed by atoms with E-state index >= 15 is 0 Å². The van der Waals surface area contributed by atoms with Crippen LogP contribution in [-0.4, -0.2) is 11.2 Å². The number of hydrogen-bond acceptors (Lipinski definition) is 3. The van der Waals surface area contributed by atoms with Crippen LogP contribution >= 0.6 is 7.37 Å². The minimum absolute atomic E-state index is 0.0321. The molecule has 3 nitrogen and oxygen atoms in total. The van der Waals surface area contributed by atoms with E-state index in [1.807, 2.05) is 30.3 Å². The van der Waals surface area contributed by atoms with Gasteiger partial charge in [0.05, 0.1) is 11.4 Å². The molecule has 3 rings (SSSR count). The average Bonchev–Trinajstić information content (AvgIpc) is 2.62. The quantitative estimate of drug-likeness (QED) is 0.743. The molecule has 0 unspecified atom stereocenters. The number of benzene rings is 2. The van der Waals surface area contributed by atoms with Crippen LogP contribution in [0.2, 0.25) is 0 Å². The van der Waals surface area contributed by atoms with E-state index in [0.717, 1.165) is 12.8 Å². The van der Waals surface area contributed by atoms with Gasteiger partial charge in [-0.05, 0) is 54.9 Å². The largest absolute Gasteiger partial charge is 0.507 e. The lowest BCUT2D eigenvalue weighted by Gasteiger charge is -2.39. The van der Waals surface area contributed by atoms with Gasteiger partial charge >= 0.3 is 0 Å². The Morgan fingerprint density at radius 3 is 2.35 bits per heavy atom. The van der Waals surface area contributed by atoms with Crippen LogP contribution in [0.5, 0.6) is 5.75 Å². The normalized spacial score (nSPS) is 25.8. The SMILES string of the molecule is CC(C)[C@@H]1CC[C@@H](C)C[C@H]1O[P@](=O)(c1ccccc1)c1ccccc1O. The fourth-order valence-corrected chi connectivity index (χ4v) is 6.38. The molecule has 1 aliphatic rings. The maximum Gasteiger partial charge on any atom is 0.265 e. The van der Waals surface area contributed by atoms with Crippen LogP contribution in [0, 0.1) is 17.8 Å². The van der Waals surface area contributed by atoms with E-state index in [2.05, 4.69) is 20.8 Å². The van der Waals surface area contributed by atoms with Gasteiger partial charge in [-0.15, -0.1) is 0 Å². The fourth-order valence-electron chi connectivity index (χ4n) is 4.02. The summed E-state index contributed by atoms with van der Waals surface area (Å²) in [6.45, 7) is 6.66. The number of rotatable bonds is 5. The van der Waals surface area contributed by atoms with E-state index in [0.29, 0.717) is 28.4 Å². The molecule has 0 spiro atoms. The van der Waals surface area contributed by atoms with Gasteiger partial charge in [-0.1, -0.05) is 57.5 Å². The summed E-state index contributed by atoms with van der Waals surface area (Å²) in [5, 5.41) is 11.4. The number of hydrogen-bond donors (Lipinski definition) is 1. The Balaban J connectivity index is 2.04. The summed E-state index contributed by atoms with van der Waals surface area (Å²) in [7, 11) is -3.38. The number of phenolic OH excluding ortho intramolecular Hbond substituents is 1. The lowest BCUT2D eigenvalue weighted by atomic mass is 9.75. The molecule has 0 radical (unpaired) electrons. The highest BCUT2D eigenvalue weighted by Gasteiger charge is 2.39. The molecule has 1 N–H and O–H groups in total. The van der Waals surface area contributed by atoms with Gasteiger partial charge in [-0.25, -0.2) is 0 Å². The first-order chi connectivity index (χ1) is 12.4. The Kier molecular flexibility index (Phi) is 5.89. The average molecular weight is 372 g/mol. The highest BCUT2D eigenvalue weighted by Crippen LogP contribution is 2.51. The zero-order valence-corrected chi connectivity index (χ0v) is 16.7. The molecule has 0 aromatic heterocycles.